The Morgan fingerprint density at radius 3 is 2.58 bits per heavy atom. The van der Waals surface area contributed by atoms with E-state index < -0.39 is 5.82 Å². The molecule has 9 heteroatoms. The van der Waals surface area contributed by atoms with Crippen LogP contribution >= 0.6 is 0 Å². The van der Waals surface area contributed by atoms with Gasteiger partial charge < -0.3 is 20.3 Å². The fourth-order valence-electron chi connectivity index (χ4n) is 4.95. The third-order valence-electron chi connectivity index (χ3n) is 6.87. The standard InChI is InChI=1S/C24H33FN6O2/c1-7-31-18-9-8-15(10-19(18)33-14-20(31)32)28-22-26-13-17(25)21(29-22)27-16-11-23(2,3)30(6)24(4,5)12-16/h8-10,13,16H,7,11-12,14H2,1-6H3,(H2,26,27,28,29). The van der Waals surface area contributed by atoms with Gasteiger partial charge in [0.25, 0.3) is 5.91 Å². The van der Waals surface area contributed by atoms with Crippen LogP contribution in [-0.4, -0.2) is 58.1 Å². The molecule has 0 saturated carbocycles. The molecule has 1 aromatic heterocycles. The number of halogens is 1. The van der Waals surface area contributed by atoms with Gasteiger partial charge in [0.05, 0.1) is 11.9 Å². The fourth-order valence-corrected chi connectivity index (χ4v) is 4.95. The summed E-state index contributed by atoms with van der Waals surface area (Å²) in [5.74, 6) is 0.525. The number of ether oxygens (including phenoxy) is 1. The predicted molar refractivity (Wildman–Crippen MR) is 128 cm³/mol. The Morgan fingerprint density at radius 2 is 1.91 bits per heavy atom. The van der Waals surface area contributed by atoms with E-state index in [1.165, 1.54) is 6.20 Å². The molecule has 0 aliphatic carbocycles. The van der Waals surface area contributed by atoms with Crippen LogP contribution in [-0.2, 0) is 4.79 Å². The molecule has 0 atom stereocenters. The van der Waals surface area contributed by atoms with Crippen molar-refractivity contribution in [3.8, 4) is 5.75 Å². The van der Waals surface area contributed by atoms with Gasteiger partial charge in [-0.05, 0) is 66.6 Å². The van der Waals surface area contributed by atoms with Crippen molar-refractivity contribution in [2.24, 2.45) is 0 Å². The third-order valence-corrected chi connectivity index (χ3v) is 6.87. The average Bonchev–Trinajstić information content (AvgIpc) is 2.74. The van der Waals surface area contributed by atoms with E-state index in [2.05, 4.69) is 60.2 Å². The fraction of sp³-hybridized carbons (Fsp3) is 0.542. The van der Waals surface area contributed by atoms with E-state index in [9.17, 15) is 9.18 Å². The third kappa shape index (κ3) is 4.59. The molecule has 2 aliphatic rings. The number of benzene rings is 1. The molecule has 1 aromatic carbocycles. The Hall–Kier alpha value is -2.94. The molecule has 2 aliphatic heterocycles. The summed E-state index contributed by atoms with van der Waals surface area (Å²) in [6, 6.07) is 5.53. The summed E-state index contributed by atoms with van der Waals surface area (Å²) in [4.78, 5) is 24.6. The number of carbonyl (C=O) groups is 1. The van der Waals surface area contributed by atoms with Crippen LogP contribution in [0.1, 0.15) is 47.5 Å². The van der Waals surface area contributed by atoms with Gasteiger partial charge in [-0.3, -0.25) is 9.69 Å². The molecule has 4 rings (SSSR count). The molecule has 0 bridgehead atoms. The summed E-state index contributed by atoms with van der Waals surface area (Å²) >= 11 is 0. The molecule has 0 unspecified atom stereocenters. The van der Waals surface area contributed by atoms with Gasteiger partial charge in [-0.2, -0.15) is 4.98 Å². The van der Waals surface area contributed by atoms with Crippen LogP contribution in [0.2, 0.25) is 0 Å². The highest BCUT2D eigenvalue weighted by Gasteiger charge is 2.43. The molecule has 1 saturated heterocycles. The molecule has 0 spiro atoms. The quantitative estimate of drug-likeness (QED) is 0.699. The van der Waals surface area contributed by atoms with Crippen LogP contribution in [0.4, 0.5) is 27.5 Å². The molecule has 2 aromatic rings. The second-order valence-electron chi connectivity index (χ2n) is 10.1. The number of aromatic nitrogens is 2. The zero-order valence-corrected chi connectivity index (χ0v) is 20.2. The minimum Gasteiger partial charge on any atom is -0.481 e. The van der Waals surface area contributed by atoms with E-state index in [0.29, 0.717) is 18.0 Å². The smallest absolute Gasteiger partial charge is 0.265 e. The van der Waals surface area contributed by atoms with E-state index in [-0.39, 0.29) is 41.4 Å². The second-order valence-corrected chi connectivity index (χ2v) is 10.1. The number of fused-ring (bicyclic) bond motifs is 1. The lowest BCUT2D eigenvalue weighted by Gasteiger charge is -2.53. The summed E-state index contributed by atoms with van der Waals surface area (Å²) in [6.45, 7) is 11.3. The number of nitrogens with zero attached hydrogens (tertiary/aromatic N) is 4. The first-order valence-electron chi connectivity index (χ1n) is 11.4. The molecule has 3 heterocycles. The van der Waals surface area contributed by atoms with Gasteiger partial charge in [-0.15, -0.1) is 0 Å². The number of nitrogens with one attached hydrogen (secondary N) is 2. The number of anilines is 4. The maximum atomic E-state index is 14.6. The number of rotatable bonds is 5. The maximum Gasteiger partial charge on any atom is 0.265 e. The van der Waals surface area contributed by atoms with Gasteiger partial charge in [-0.1, -0.05) is 0 Å². The molecule has 33 heavy (non-hydrogen) atoms. The van der Waals surface area contributed by atoms with Crippen molar-refractivity contribution in [3.05, 3.63) is 30.2 Å². The van der Waals surface area contributed by atoms with E-state index in [4.69, 9.17) is 4.74 Å². The van der Waals surface area contributed by atoms with Crippen LogP contribution in [0.15, 0.2) is 24.4 Å². The highest BCUT2D eigenvalue weighted by molar-refractivity contribution is 5.98. The summed E-state index contributed by atoms with van der Waals surface area (Å²) in [7, 11) is 2.14. The number of likely N-dealkylation sites (tertiary alicyclic amines) is 1. The van der Waals surface area contributed by atoms with Crippen LogP contribution < -0.4 is 20.3 Å². The first kappa shape index (κ1) is 23.2. The molecule has 0 radical (unpaired) electrons. The molecule has 1 fully saturated rings. The maximum absolute atomic E-state index is 14.6. The Morgan fingerprint density at radius 1 is 1.21 bits per heavy atom. The largest absolute Gasteiger partial charge is 0.481 e. The molecule has 1 amide bonds. The zero-order chi connectivity index (χ0) is 24.0. The molecule has 8 nitrogen and oxygen atoms in total. The van der Waals surface area contributed by atoms with Crippen molar-refractivity contribution in [2.75, 3.05) is 35.7 Å². The minimum atomic E-state index is -0.485. The summed E-state index contributed by atoms with van der Waals surface area (Å²) in [5.41, 5.74) is 1.37. The molecular formula is C24H33FN6O2. The number of carbonyl (C=O) groups excluding carboxylic acids is 1. The Kier molecular flexibility index (Phi) is 5.94. The van der Waals surface area contributed by atoms with E-state index in [1.807, 2.05) is 19.1 Å². The van der Waals surface area contributed by atoms with Gasteiger partial charge in [0.1, 0.15) is 5.75 Å². The lowest BCUT2D eigenvalue weighted by molar-refractivity contribution is -0.121. The highest BCUT2D eigenvalue weighted by Crippen LogP contribution is 2.38. The van der Waals surface area contributed by atoms with Crippen molar-refractivity contribution in [1.29, 1.82) is 0 Å². The average molecular weight is 457 g/mol. The SMILES string of the molecule is CCN1C(=O)COc2cc(Nc3ncc(F)c(NC4CC(C)(C)N(C)C(C)(C)C4)n3)ccc21. The van der Waals surface area contributed by atoms with Crippen LogP contribution in [0, 0.1) is 5.82 Å². The number of piperidine rings is 1. The zero-order valence-electron chi connectivity index (χ0n) is 20.2. The van der Waals surface area contributed by atoms with E-state index in [0.717, 1.165) is 18.5 Å². The van der Waals surface area contributed by atoms with Gasteiger partial charge in [-0.25, -0.2) is 9.37 Å². The molecule has 178 valence electrons. The van der Waals surface area contributed by atoms with Gasteiger partial charge in [0, 0.05) is 35.4 Å². The van der Waals surface area contributed by atoms with Crippen molar-refractivity contribution in [2.45, 2.75) is 64.6 Å². The lowest BCUT2D eigenvalue weighted by atomic mass is 9.77. The Balaban J connectivity index is 1.52. The normalized spacial score (nSPS) is 20.2. The second kappa shape index (κ2) is 8.44. The minimum absolute atomic E-state index is 0.00861. The van der Waals surface area contributed by atoms with Crippen molar-refractivity contribution >= 4 is 29.0 Å². The summed E-state index contributed by atoms with van der Waals surface area (Å²) in [6.07, 6.45) is 2.91. The van der Waals surface area contributed by atoms with E-state index in [1.54, 1.807) is 11.0 Å². The van der Waals surface area contributed by atoms with Crippen molar-refractivity contribution < 1.29 is 13.9 Å². The predicted octanol–water partition coefficient (Wildman–Crippen LogP) is 4.17. The topological polar surface area (TPSA) is 82.6 Å². The van der Waals surface area contributed by atoms with Crippen LogP contribution in [0.5, 0.6) is 5.75 Å². The Bertz CT molecular complexity index is 1040. The first-order valence-corrected chi connectivity index (χ1v) is 11.4. The molecule has 2 N–H and O–H groups in total. The summed E-state index contributed by atoms with van der Waals surface area (Å²) < 4.78 is 20.2. The first-order chi connectivity index (χ1) is 15.5. The number of hydrogen-bond acceptors (Lipinski definition) is 7. The van der Waals surface area contributed by atoms with Crippen molar-refractivity contribution in [1.82, 2.24) is 14.9 Å². The number of likely N-dealkylation sites (N-methyl/N-ethyl adjacent to an activating group) is 1. The van der Waals surface area contributed by atoms with Crippen LogP contribution in [0.3, 0.4) is 0 Å². The van der Waals surface area contributed by atoms with Gasteiger partial charge >= 0.3 is 0 Å². The highest BCUT2D eigenvalue weighted by atomic mass is 19.1. The van der Waals surface area contributed by atoms with E-state index >= 15 is 0 Å². The summed E-state index contributed by atoms with van der Waals surface area (Å²) in [5, 5.41) is 6.44. The Labute approximate surface area is 194 Å². The van der Waals surface area contributed by atoms with Crippen LogP contribution in [0.25, 0.3) is 0 Å². The van der Waals surface area contributed by atoms with Gasteiger partial charge in [0.15, 0.2) is 18.2 Å². The lowest BCUT2D eigenvalue weighted by Crippen LogP contribution is -2.61. The number of hydrogen-bond donors (Lipinski definition) is 2. The molecular weight excluding hydrogens is 423 g/mol. The number of amides is 1. The van der Waals surface area contributed by atoms with Crippen molar-refractivity contribution in [3.63, 3.8) is 0 Å². The monoisotopic (exact) mass is 456 g/mol. The van der Waals surface area contributed by atoms with Gasteiger partial charge in [0.2, 0.25) is 5.95 Å².